The highest BCUT2D eigenvalue weighted by Gasteiger charge is 2.22. The fraction of sp³-hybridized carbons (Fsp3) is 0.345. The third-order valence-electron chi connectivity index (χ3n) is 6.40. The van der Waals surface area contributed by atoms with Gasteiger partial charge in [0.05, 0.1) is 0 Å². The number of nitrogens with one attached hydrogen (secondary N) is 2. The first kappa shape index (κ1) is 27.0. The van der Waals surface area contributed by atoms with Crippen LogP contribution in [-0.4, -0.2) is 59.1 Å². The van der Waals surface area contributed by atoms with E-state index in [0.29, 0.717) is 23.7 Å². The smallest absolute Gasteiger partial charge is 0.251 e. The maximum atomic E-state index is 12.8. The van der Waals surface area contributed by atoms with Gasteiger partial charge in [-0.1, -0.05) is 24.3 Å². The van der Waals surface area contributed by atoms with Gasteiger partial charge in [0.25, 0.3) is 11.8 Å². The normalized spacial score (nSPS) is 14.0. The lowest BCUT2D eigenvalue weighted by Crippen LogP contribution is -2.46. The van der Waals surface area contributed by atoms with Gasteiger partial charge >= 0.3 is 0 Å². The molecule has 190 valence electrons. The summed E-state index contributed by atoms with van der Waals surface area (Å²) in [7, 11) is 1.00. The van der Waals surface area contributed by atoms with Crippen molar-refractivity contribution < 1.29 is 14.7 Å². The highest BCUT2D eigenvalue weighted by molar-refractivity contribution is 5.95. The van der Waals surface area contributed by atoms with Crippen LogP contribution in [0.4, 0.5) is 0 Å². The Morgan fingerprint density at radius 3 is 2.19 bits per heavy atom. The number of hydrogen-bond acceptors (Lipinski definition) is 5. The van der Waals surface area contributed by atoms with Crippen molar-refractivity contribution in [2.45, 2.75) is 45.3 Å². The summed E-state index contributed by atoms with van der Waals surface area (Å²) in [5.74, 6) is -0.198. The molecular formula is C29H36N4O3. The molecule has 1 aliphatic heterocycles. The van der Waals surface area contributed by atoms with Crippen molar-refractivity contribution >= 4 is 11.8 Å². The summed E-state index contributed by atoms with van der Waals surface area (Å²) in [6.07, 6.45) is 5.44. The number of hydrogen-bond donors (Lipinski definition) is 3. The van der Waals surface area contributed by atoms with Crippen LogP contribution < -0.4 is 10.6 Å². The van der Waals surface area contributed by atoms with Crippen LogP contribution in [0.15, 0.2) is 73.1 Å². The Labute approximate surface area is 213 Å². The molecule has 1 saturated heterocycles. The van der Waals surface area contributed by atoms with Gasteiger partial charge in [-0.3, -0.25) is 14.6 Å². The van der Waals surface area contributed by atoms with Gasteiger partial charge in [-0.2, -0.15) is 0 Å². The molecule has 1 aliphatic rings. The van der Waals surface area contributed by atoms with E-state index in [-0.39, 0.29) is 17.9 Å². The van der Waals surface area contributed by atoms with Crippen molar-refractivity contribution in [2.24, 2.45) is 0 Å². The van der Waals surface area contributed by atoms with Crippen LogP contribution >= 0.6 is 0 Å². The number of likely N-dealkylation sites (tertiary alicyclic amines) is 1. The van der Waals surface area contributed by atoms with Crippen molar-refractivity contribution in [3.8, 4) is 11.1 Å². The second-order valence-corrected chi connectivity index (χ2v) is 9.07. The van der Waals surface area contributed by atoms with Crippen molar-refractivity contribution in [3.05, 3.63) is 89.7 Å². The summed E-state index contributed by atoms with van der Waals surface area (Å²) in [5.41, 5.74) is 4.21. The second-order valence-electron chi connectivity index (χ2n) is 9.07. The maximum Gasteiger partial charge on any atom is 0.251 e. The summed E-state index contributed by atoms with van der Waals surface area (Å²) >= 11 is 0. The van der Waals surface area contributed by atoms with Gasteiger partial charge < -0.3 is 20.6 Å². The van der Waals surface area contributed by atoms with Crippen LogP contribution in [0, 0.1) is 0 Å². The molecule has 36 heavy (non-hydrogen) atoms. The van der Waals surface area contributed by atoms with E-state index in [1.165, 1.54) is 0 Å². The van der Waals surface area contributed by atoms with Gasteiger partial charge in [0.2, 0.25) is 0 Å². The van der Waals surface area contributed by atoms with Crippen molar-refractivity contribution in [1.29, 1.82) is 0 Å². The number of aliphatic hydroxyl groups excluding tert-OH is 1. The molecule has 0 atom stereocenters. The number of benzene rings is 2. The molecule has 0 spiro atoms. The van der Waals surface area contributed by atoms with E-state index in [2.05, 4.69) is 34.4 Å². The zero-order valence-electron chi connectivity index (χ0n) is 21.3. The Bertz CT molecular complexity index is 1110. The molecule has 2 aromatic carbocycles. The molecular weight excluding hydrogens is 452 g/mol. The Morgan fingerprint density at radius 2 is 1.56 bits per heavy atom. The molecule has 3 aromatic rings. The number of carbonyl (C=O) groups is 2. The number of nitrogens with zero attached hydrogens (tertiary/aromatic N) is 2. The van der Waals surface area contributed by atoms with Gasteiger partial charge in [-0.05, 0) is 79.8 Å². The zero-order chi connectivity index (χ0) is 25.9. The highest BCUT2D eigenvalue weighted by atomic mass is 16.2. The summed E-state index contributed by atoms with van der Waals surface area (Å²) in [5, 5.41) is 13.1. The topological polar surface area (TPSA) is 94.6 Å². The predicted molar refractivity (Wildman–Crippen MR) is 143 cm³/mol. The average molecular weight is 489 g/mol. The molecule has 7 nitrogen and oxygen atoms in total. The molecule has 4 rings (SSSR count). The van der Waals surface area contributed by atoms with Crippen LogP contribution in [0.1, 0.15) is 53.0 Å². The van der Waals surface area contributed by atoms with Gasteiger partial charge in [-0.15, -0.1) is 0 Å². The third kappa shape index (κ3) is 7.47. The molecule has 0 saturated carbocycles. The van der Waals surface area contributed by atoms with Crippen molar-refractivity contribution in [1.82, 2.24) is 20.5 Å². The number of carbonyl (C=O) groups excluding carboxylic acids is 2. The number of rotatable bonds is 7. The monoisotopic (exact) mass is 488 g/mol. The number of aliphatic hydroxyl groups is 1. The Kier molecular flexibility index (Phi) is 10.2. The second kappa shape index (κ2) is 13.5. The SMILES string of the molecule is CC(C)N1CCC(NC(=O)c2cccc(CNC(=O)c3ccc(-c4ccncc4)cc3)c2)CC1.CO. The molecule has 1 fully saturated rings. The molecule has 0 radical (unpaired) electrons. The number of amides is 2. The van der Waals surface area contributed by atoms with E-state index >= 15 is 0 Å². The predicted octanol–water partition coefficient (Wildman–Crippen LogP) is 3.89. The molecule has 2 amide bonds. The standard InChI is InChI=1S/C28H32N4O2.CH4O/c1-20(2)32-16-12-26(13-17-32)31-28(34)25-5-3-4-21(18-25)19-30-27(33)24-8-6-22(7-9-24)23-10-14-29-15-11-23;1-2/h3-11,14-15,18,20,26H,12-13,16-17,19H2,1-2H3,(H,30,33)(H,31,34);2H,1H3. The first-order valence-electron chi connectivity index (χ1n) is 12.4. The number of aromatic nitrogens is 1. The number of pyridine rings is 1. The maximum absolute atomic E-state index is 12.8. The summed E-state index contributed by atoms with van der Waals surface area (Å²) in [4.78, 5) is 31.9. The van der Waals surface area contributed by atoms with Gasteiger partial charge in [0.1, 0.15) is 0 Å². The minimum Gasteiger partial charge on any atom is -0.400 e. The van der Waals surface area contributed by atoms with Gasteiger partial charge in [0, 0.05) is 62.3 Å². The quantitative estimate of drug-likeness (QED) is 0.469. The summed E-state index contributed by atoms with van der Waals surface area (Å²) in [6.45, 7) is 6.80. The lowest BCUT2D eigenvalue weighted by molar-refractivity contribution is 0.0900. The molecule has 0 aliphatic carbocycles. The zero-order valence-corrected chi connectivity index (χ0v) is 21.3. The lowest BCUT2D eigenvalue weighted by atomic mass is 10.0. The van der Waals surface area contributed by atoms with E-state index < -0.39 is 0 Å². The van der Waals surface area contributed by atoms with Crippen LogP contribution in [0.5, 0.6) is 0 Å². The Morgan fingerprint density at radius 1 is 0.917 bits per heavy atom. The lowest BCUT2D eigenvalue weighted by Gasteiger charge is -2.34. The van der Waals surface area contributed by atoms with E-state index in [1.807, 2.05) is 60.7 Å². The van der Waals surface area contributed by atoms with Crippen molar-refractivity contribution in [3.63, 3.8) is 0 Å². The van der Waals surface area contributed by atoms with Gasteiger partial charge in [0.15, 0.2) is 0 Å². The van der Waals surface area contributed by atoms with Crippen LogP contribution in [-0.2, 0) is 6.54 Å². The molecule has 2 heterocycles. The number of piperidine rings is 1. The fourth-order valence-corrected chi connectivity index (χ4v) is 4.29. The van der Waals surface area contributed by atoms with Crippen LogP contribution in [0.2, 0.25) is 0 Å². The average Bonchev–Trinajstić information content (AvgIpc) is 2.94. The van der Waals surface area contributed by atoms with Crippen LogP contribution in [0.3, 0.4) is 0 Å². The highest BCUT2D eigenvalue weighted by Crippen LogP contribution is 2.19. The van der Waals surface area contributed by atoms with E-state index in [4.69, 9.17) is 5.11 Å². The molecule has 7 heteroatoms. The first-order valence-corrected chi connectivity index (χ1v) is 12.4. The fourth-order valence-electron chi connectivity index (χ4n) is 4.29. The first-order chi connectivity index (χ1) is 17.5. The Balaban J connectivity index is 0.00000176. The van der Waals surface area contributed by atoms with E-state index in [1.54, 1.807) is 12.4 Å². The Hall–Kier alpha value is -3.55. The molecule has 1 aromatic heterocycles. The molecule has 0 bridgehead atoms. The van der Waals surface area contributed by atoms with Gasteiger partial charge in [-0.25, -0.2) is 0 Å². The molecule has 0 unspecified atom stereocenters. The van der Waals surface area contributed by atoms with Crippen molar-refractivity contribution in [2.75, 3.05) is 20.2 Å². The largest absolute Gasteiger partial charge is 0.400 e. The summed E-state index contributed by atoms with van der Waals surface area (Å²) in [6, 6.07) is 19.6. The van der Waals surface area contributed by atoms with Crippen LogP contribution in [0.25, 0.3) is 11.1 Å². The van der Waals surface area contributed by atoms with E-state index in [0.717, 1.165) is 49.7 Å². The van der Waals surface area contributed by atoms with E-state index in [9.17, 15) is 9.59 Å². The third-order valence-corrected chi connectivity index (χ3v) is 6.40. The summed E-state index contributed by atoms with van der Waals surface area (Å²) < 4.78 is 0. The minimum atomic E-state index is -0.145. The minimum absolute atomic E-state index is 0.0529. The molecule has 3 N–H and O–H groups in total.